The van der Waals surface area contributed by atoms with Gasteiger partial charge in [0.1, 0.15) is 0 Å². The second-order valence-corrected chi connectivity index (χ2v) is 6.51. The molecule has 0 atom stereocenters. The Kier molecular flexibility index (Phi) is 3.57. The average Bonchev–Trinajstić information content (AvgIpc) is 2.96. The Bertz CT molecular complexity index is 1120. The van der Waals surface area contributed by atoms with Gasteiger partial charge in [-0.2, -0.15) is 0 Å². The molecule has 0 saturated heterocycles. The van der Waals surface area contributed by atoms with Crippen LogP contribution in [0.5, 0.6) is 0 Å². The third-order valence-corrected chi connectivity index (χ3v) is 5.00. The number of H-pyrrole nitrogens is 1. The van der Waals surface area contributed by atoms with E-state index in [9.17, 15) is 9.90 Å². The van der Waals surface area contributed by atoms with Crippen LogP contribution >= 0.6 is 0 Å². The molecule has 0 fully saturated rings. The van der Waals surface area contributed by atoms with Gasteiger partial charge in [0.05, 0.1) is 12.1 Å². The number of hydrogen-bond acceptors (Lipinski definition) is 1. The number of aromatic nitrogens is 1. The zero-order chi connectivity index (χ0) is 17.6. The summed E-state index contributed by atoms with van der Waals surface area (Å²) in [6, 6.07) is 18.4. The Hall–Kier alpha value is -3.07. The van der Waals surface area contributed by atoms with Gasteiger partial charge >= 0.3 is 5.97 Å². The fourth-order valence-corrected chi connectivity index (χ4v) is 3.57. The van der Waals surface area contributed by atoms with Crippen LogP contribution in [0.4, 0.5) is 0 Å². The van der Waals surface area contributed by atoms with Crippen molar-refractivity contribution in [1.82, 2.24) is 4.98 Å². The monoisotopic (exact) mass is 329 g/mol. The van der Waals surface area contributed by atoms with Crippen molar-refractivity contribution in [2.24, 2.45) is 0 Å². The second kappa shape index (κ2) is 5.78. The minimum Gasteiger partial charge on any atom is -0.481 e. The Morgan fingerprint density at radius 1 is 0.960 bits per heavy atom. The van der Waals surface area contributed by atoms with Crippen molar-refractivity contribution >= 4 is 27.6 Å². The minimum atomic E-state index is -0.819. The lowest BCUT2D eigenvalue weighted by molar-refractivity contribution is -0.136. The summed E-state index contributed by atoms with van der Waals surface area (Å²) in [7, 11) is 0. The highest BCUT2D eigenvalue weighted by atomic mass is 16.4. The Balaban J connectivity index is 2.09. The zero-order valence-corrected chi connectivity index (χ0v) is 14.3. The predicted octanol–water partition coefficient (Wildman–Crippen LogP) is 5.23. The van der Waals surface area contributed by atoms with E-state index in [2.05, 4.69) is 49.2 Å². The van der Waals surface area contributed by atoms with Crippen molar-refractivity contribution in [3.05, 3.63) is 71.3 Å². The third-order valence-electron chi connectivity index (χ3n) is 5.00. The summed E-state index contributed by atoms with van der Waals surface area (Å²) in [5, 5.41) is 12.7. The first kappa shape index (κ1) is 15.5. The largest absolute Gasteiger partial charge is 0.481 e. The van der Waals surface area contributed by atoms with Crippen molar-refractivity contribution in [3.63, 3.8) is 0 Å². The van der Waals surface area contributed by atoms with Gasteiger partial charge in [-0.15, -0.1) is 0 Å². The molecule has 4 rings (SSSR count). The van der Waals surface area contributed by atoms with E-state index >= 15 is 0 Å². The maximum atomic E-state index is 11.5. The number of fused-ring (bicyclic) bond motifs is 2. The highest BCUT2D eigenvalue weighted by Gasteiger charge is 2.18. The molecule has 25 heavy (non-hydrogen) atoms. The quantitative estimate of drug-likeness (QED) is 0.540. The Morgan fingerprint density at radius 2 is 1.72 bits per heavy atom. The van der Waals surface area contributed by atoms with Gasteiger partial charge in [-0.1, -0.05) is 54.6 Å². The van der Waals surface area contributed by atoms with Crippen LogP contribution in [-0.4, -0.2) is 16.1 Å². The van der Waals surface area contributed by atoms with Gasteiger partial charge in [0.2, 0.25) is 0 Å². The summed E-state index contributed by atoms with van der Waals surface area (Å²) >= 11 is 0. The molecule has 3 nitrogen and oxygen atoms in total. The molecule has 1 aromatic heterocycles. The molecule has 0 aliphatic heterocycles. The second-order valence-electron chi connectivity index (χ2n) is 6.51. The fourth-order valence-electron chi connectivity index (χ4n) is 3.57. The molecule has 4 aromatic rings. The molecule has 0 radical (unpaired) electrons. The van der Waals surface area contributed by atoms with Gasteiger partial charge in [0.15, 0.2) is 0 Å². The minimum absolute atomic E-state index is 0.00105. The first-order valence-electron chi connectivity index (χ1n) is 8.37. The van der Waals surface area contributed by atoms with E-state index in [0.717, 1.165) is 44.1 Å². The highest BCUT2D eigenvalue weighted by Crippen LogP contribution is 2.36. The number of hydrogen-bond donors (Lipinski definition) is 2. The standard InChI is InChI=1S/C22H19NO2/c1-13-10-11-18-19(12-20(24)25)22(23-21(18)14(13)2)17-9-5-7-15-6-3-4-8-16(15)17/h3-11,23H,12H2,1-2H3,(H,24,25). The Morgan fingerprint density at radius 3 is 2.52 bits per heavy atom. The molecule has 1 heterocycles. The van der Waals surface area contributed by atoms with Crippen LogP contribution < -0.4 is 0 Å². The molecular weight excluding hydrogens is 310 g/mol. The molecular formula is C22H19NO2. The van der Waals surface area contributed by atoms with Crippen LogP contribution in [0.3, 0.4) is 0 Å². The Labute approximate surface area is 145 Å². The average molecular weight is 329 g/mol. The van der Waals surface area contributed by atoms with Gasteiger partial charge in [-0.3, -0.25) is 4.79 Å². The number of carbonyl (C=O) groups is 1. The van der Waals surface area contributed by atoms with Gasteiger partial charge in [-0.25, -0.2) is 0 Å². The van der Waals surface area contributed by atoms with Crippen molar-refractivity contribution in [1.29, 1.82) is 0 Å². The summed E-state index contributed by atoms with van der Waals surface area (Å²) in [6.45, 7) is 4.15. The van der Waals surface area contributed by atoms with Crippen molar-refractivity contribution in [2.45, 2.75) is 20.3 Å². The number of benzene rings is 3. The fraction of sp³-hybridized carbons (Fsp3) is 0.136. The van der Waals surface area contributed by atoms with Gasteiger partial charge in [-0.05, 0) is 41.3 Å². The molecule has 0 saturated carbocycles. The van der Waals surface area contributed by atoms with E-state index in [-0.39, 0.29) is 6.42 Å². The van der Waals surface area contributed by atoms with E-state index in [4.69, 9.17) is 0 Å². The lowest BCUT2D eigenvalue weighted by Crippen LogP contribution is -2.01. The molecule has 3 heteroatoms. The maximum absolute atomic E-state index is 11.5. The highest BCUT2D eigenvalue weighted by molar-refractivity contribution is 6.02. The molecule has 0 spiro atoms. The smallest absolute Gasteiger partial charge is 0.307 e. The number of rotatable bonds is 3. The first-order valence-corrected chi connectivity index (χ1v) is 8.37. The van der Waals surface area contributed by atoms with Crippen molar-refractivity contribution in [2.75, 3.05) is 0 Å². The molecule has 2 N–H and O–H groups in total. The molecule has 0 aliphatic carbocycles. The summed E-state index contributed by atoms with van der Waals surface area (Å²) in [4.78, 5) is 15.0. The zero-order valence-electron chi connectivity index (χ0n) is 14.3. The number of carboxylic acid groups (broad SMARTS) is 1. The number of aromatic amines is 1. The number of nitrogens with one attached hydrogen (secondary N) is 1. The van der Waals surface area contributed by atoms with Gasteiger partial charge in [0.25, 0.3) is 0 Å². The molecule has 0 aliphatic rings. The van der Waals surface area contributed by atoms with Crippen LogP contribution in [0, 0.1) is 13.8 Å². The van der Waals surface area contributed by atoms with Crippen molar-refractivity contribution in [3.8, 4) is 11.3 Å². The summed E-state index contributed by atoms with van der Waals surface area (Å²) in [5.74, 6) is -0.819. The normalized spacial score (nSPS) is 11.3. The first-order chi connectivity index (χ1) is 12.1. The van der Waals surface area contributed by atoms with Gasteiger partial charge in [0, 0.05) is 16.5 Å². The van der Waals surface area contributed by atoms with Crippen LogP contribution in [0.15, 0.2) is 54.6 Å². The van der Waals surface area contributed by atoms with Crippen LogP contribution in [0.2, 0.25) is 0 Å². The molecule has 3 aromatic carbocycles. The van der Waals surface area contributed by atoms with E-state index in [0.29, 0.717) is 0 Å². The van der Waals surface area contributed by atoms with Crippen LogP contribution in [0.1, 0.15) is 16.7 Å². The molecule has 0 bridgehead atoms. The number of aliphatic carboxylic acids is 1. The van der Waals surface area contributed by atoms with E-state index in [1.54, 1.807) is 0 Å². The SMILES string of the molecule is Cc1ccc2c(CC(=O)O)c(-c3cccc4ccccc34)[nH]c2c1C. The van der Waals surface area contributed by atoms with E-state index < -0.39 is 5.97 Å². The van der Waals surface area contributed by atoms with Crippen molar-refractivity contribution < 1.29 is 9.90 Å². The maximum Gasteiger partial charge on any atom is 0.307 e. The lowest BCUT2D eigenvalue weighted by atomic mass is 9.97. The predicted molar refractivity (Wildman–Crippen MR) is 102 cm³/mol. The van der Waals surface area contributed by atoms with E-state index in [1.807, 2.05) is 24.3 Å². The lowest BCUT2D eigenvalue weighted by Gasteiger charge is -2.07. The topological polar surface area (TPSA) is 53.1 Å². The summed E-state index contributed by atoms with van der Waals surface area (Å²) in [6.07, 6.45) is 0.00105. The molecule has 0 unspecified atom stereocenters. The van der Waals surface area contributed by atoms with Crippen LogP contribution in [-0.2, 0) is 11.2 Å². The third kappa shape index (κ3) is 2.49. The summed E-state index contributed by atoms with van der Waals surface area (Å²) in [5.41, 5.74) is 6.18. The van der Waals surface area contributed by atoms with Gasteiger partial charge < -0.3 is 10.1 Å². The number of aryl methyl sites for hydroxylation is 2. The van der Waals surface area contributed by atoms with E-state index in [1.165, 1.54) is 5.56 Å². The van der Waals surface area contributed by atoms with Crippen LogP contribution in [0.25, 0.3) is 32.9 Å². The molecule has 0 amide bonds. The number of carboxylic acids is 1. The summed E-state index contributed by atoms with van der Waals surface area (Å²) < 4.78 is 0. The molecule has 124 valence electrons.